The topological polar surface area (TPSA) is 458 Å². The Bertz CT molecular complexity index is 9040. The van der Waals surface area contributed by atoms with Crippen LogP contribution in [0, 0.1) is 0 Å². The molecule has 0 spiro atoms. The number of fused-ring (bicyclic) bond motifs is 6. The Hall–Kier alpha value is -14.0. The van der Waals surface area contributed by atoms with E-state index < -0.39 is 64.2 Å². The first kappa shape index (κ1) is 104. The number of hydrogen-bond acceptors (Lipinski definition) is 25. The summed E-state index contributed by atoms with van der Waals surface area (Å²) in [6.45, 7) is 1.64. The van der Waals surface area contributed by atoms with Gasteiger partial charge in [-0.2, -0.15) is 0 Å². The average Bonchev–Trinajstić information content (AvgIpc) is 1.76. The van der Waals surface area contributed by atoms with E-state index in [4.69, 9.17) is 92.8 Å². The third-order valence-corrected chi connectivity index (χ3v) is 35.7. The highest BCUT2D eigenvalue weighted by Crippen LogP contribution is 2.39. The number of carbonyl (C=O) groups is 4. The van der Waals surface area contributed by atoms with Crippen molar-refractivity contribution in [3.05, 3.63) is 370 Å². The summed E-state index contributed by atoms with van der Waals surface area (Å²) in [5.41, 5.74) is 10.4. The van der Waals surface area contributed by atoms with Gasteiger partial charge in [-0.3, -0.25) is 47.3 Å². The molecule has 8 amide bonds. The summed E-state index contributed by atoms with van der Waals surface area (Å²) in [5.74, 6) is 0. The Morgan fingerprint density at radius 3 is 1.03 bits per heavy atom. The smallest absolute Gasteiger partial charge is 0.333 e. The number of urea groups is 4. The summed E-state index contributed by atoms with van der Waals surface area (Å²) in [4.78, 5) is 116. The summed E-state index contributed by atoms with van der Waals surface area (Å²) in [6.07, 6.45) is 11.6. The normalized spacial score (nSPS) is 12.0. The van der Waals surface area contributed by atoms with Crippen molar-refractivity contribution >= 4 is 291 Å². The van der Waals surface area contributed by atoms with Gasteiger partial charge in [0.05, 0.1) is 77.5 Å². The summed E-state index contributed by atoms with van der Waals surface area (Å²) < 4.78 is 113. The van der Waals surface area contributed by atoms with Crippen LogP contribution in [0.25, 0.3) is 99.1 Å². The first-order chi connectivity index (χ1) is 70.1. The number of hydrogen-bond donors (Lipinski definition) is 11. The zero-order chi connectivity index (χ0) is 104. The molecule has 19 aromatic rings. The molecule has 0 unspecified atom stereocenters. The number of nitrogens with one attached hydrogen (secondary N) is 11. The fourth-order valence-electron chi connectivity index (χ4n) is 15.5. The van der Waals surface area contributed by atoms with Crippen molar-refractivity contribution in [1.82, 2.24) is 57.0 Å². The van der Waals surface area contributed by atoms with E-state index in [2.05, 4.69) is 51.8 Å². The Labute approximate surface area is 890 Å². The lowest BCUT2D eigenvalue weighted by atomic mass is 10.00. The Morgan fingerprint density at radius 2 is 0.680 bits per heavy atom. The van der Waals surface area contributed by atoms with Gasteiger partial charge >= 0.3 is 24.1 Å². The van der Waals surface area contributed by atoms with Gasteiger partial charge < -0.3 is 36.9 Å². The molecule has 0 radical (unpaired) electrons. The van der Waals surface area contributed by atoms with Crippen LogP contribution in [-0.4, -0.2) is 117 Å². The van der Waals surface area contributed by atoms with E-state index in [-0.39, 0.29) is 99.3 Å². The molecule has 20 rings (SSSR count). The number of thiophene rings is 4. The number of nitrogens with zero attached hydrogens (tertiary/aromatic N) is 7. The van der Waals surface area contributed by atoms with Gasteiger partial charge in [0.1, 0.15) is 16.8 Å². The van der Waals surface area contributed by atoms with E-state index >= 15 is 0 Å². The number of imidazole rings is 1. The monoisotopic (exact) mass is 2280 g/mol. The molecule has 0 atom stereocenters. The summed E-state index contributed by atoms with van der Waals surface area (Å²) in [6, 6.07) is 60.6. The van der Waals surface area contributed by atoms with Gasteiger partial charge in [0.2, 0.25) is 0 Å². The zero-order valence-corrected chi connectivity index (χ0v) is 88.0. The van der Waals surface area contributed by atoms with Crippen molar-refractivity contribution < 1.29 is 52.8 Å². The second-order valence-corrected chi connectivity index (χ2v) is 48.0. The number of aromatic amines is 1. The minimum Gasteiger partial charge on any atom is -0.388 e. The second kappa shape index (κ2) is 43.6. The standard InChI is InChI=1S/C27H20Cl2N4O4S2.C26H19Cl2N5O4S2.C23H18Cl2N4O4S2.C21H13Cl2N5O4S2/c1-30-17-7-9-19-20(13-17)21(16-5-3-2-4-6-16)15-33(26(19)34)23-10-8-18(14-22(23)28)31-27(35)32-39(36,37)25-12-11-24(29)38-25;1-29-16-2-4-18-19(12-16)20(15-8-10-30-11-9-15)14-33(25(18)34)22-5-3-17(13-21(22)27)31-26(35)32-39(36,37)24-7-6-23(28)38-24;1-28-11-14-8-13-6-7-29(22(30)17(13)9-15(14)12-28)19-3-2-16(10-18(19)24)26-23(31)27-35(32,33)21-5-4-20(25)34-21;22-14-8-12(26-21(30)27-34(31,32)19-4-3-18(23)33-19)1-2-17(14)28-6-5-11-7-15-16(25-10-24-15)9-13(11)20(28)29/h2-15,30H,1H3,(H2,31,32,35);2-14,29H,1H3,(H2,31,32,35);2-10H,11-12H2,1H3,(H2,26,27,31);1-10H,(H,24,25)(H2,26,27,30). The number of sulfonamides is 4. The van der Waals surface area contributed by atoms with Crippen LogP contribution < -0.4 is 73.0 Å². The SMILES string of the molecule is CN1Cc2cc3ccn(-c4ccc(NC(=O)NS(=O)(=O)c5ccc(Cl)s5)cc4Cl)c(=O)c3cc2C1.CNc1ccc2c(=O)n(-c3ccc(NC(=O)NS(=O)(=O)c4ccc(Cl)s4)cc3Cl)cc(-c3ccccc3)c2c1.CNc1ccc2c(=O)n(-c3ccc(NC(=O)NS(=O)(=O)c4ccc(Cl)s4)cc3Cl)cc(-c3ccncc3)c2c1.O=C(Nc1ccc(-n2ccc3cc4[nH]cnc4cc3c2=O)c(Cl)c1)NS(=O)(=O)c1ccc(Cl)s1. The van der Waals surface area contributed by atoms with E-state index in [0.717, 1.165) is 125 Å². The van der Waals surface area contributed by atoms with Crippen molar-refractivity contribution in [2.75, 3.05) is 53.0 Å². The van der Waals surface area contributed by atoms with E-state index in [9.17, 15) is 72.0 Å². The largest absolute Gasteiger partial charge is 0.388 e. The zero-order valence-electron chi connectivity index (χ0n) is 75.4. The minimum absolute atomic E-state index is 0.0843. The minimum atomic E-state index is -4.10. The number of anilines is 6. The molecule has 0 fully saturated rings. The third kappa shape index (κ3) is 23.5. The third-order valence-electron chi connectivity index (χ3n) is 22.3. The average molecular weight is 2280 g/mol. The predicted molar refractivity (Wildman–Crippen MR) is 585 cm³/mol. The van der Waals surface area contributed by atoms with Crippen LogP contribution in [0.4, 0.5) is 53.3 Å². The molecule has 10 aromatic heterocycles. The highest BCUT2D eigenvalue weighted by atomic mass is 35.5. The van der Waals surface area contributed by atoms with Gasteiger partial charge in [-0.05, 0) is 257 Å². The second-order valence-electron chi connectivity index (χ2n) is 31.9. The van der Waals surface area contributed by atoms with E-state index in [1.165, 1.54) is 121 Å². The lowest BCUT2D eigenvalue weighted by Gasteiger charge is -2.16. The van der Waals surface area contributed by atoms with Gasteiger partial charge in [0.25, 0.3) is 62.3 Å². The van der Waals surface area contributed by atoms with Crippen LogP contribution in [0.5, 0.6) is 0 Å². The molecule has 147 heavy (non-hydrogen) atoms. The molecule has 9 aromatic carbocycles. The van der Waals surface area contributed by atoms with Crippen molar-refractivity contribution in [2.24, 2.45) is 0 Å². The van der Waals surface area contributed by atoms with Crippen molar-refractivity contribution in [1.29, 1.82) is 0 Å². The fourth-order valence-corrected chi connectivity index (χ4v) is 26.2. The van der Waals surface area contributed by atoms with Gasteiger partial charge in [-0.25, -0.2) is 76.7 Å². The number of H-pyrrole nitrogens is 1. The summed E-state index contributed by atoms with van der Waals surface area (Å²) >= 11 is 52.4. The Morgan fingerprint density at radius 1 is 0.347 bits per heavy atom. The molecule has 0 aliphatic carbocycles. The lowest BCUT2D eigenvalue weighted by molar-refractivity contribution is 0.255. The van der Waals surface area contributed by atoms with Crippen LogP contribution in [-0.2, 0) is 53.2 Å². The molecule has 748 valence electrons. The van der Waals surface area contributed by atoms with Crippen LogP contribution in [0.15, 0.2) is 316 Å². The molecule has 50 heteroatoms. The number of amides is 8. The highest BCUT2D eigenvalue weighted by Gasteiger charge is 2.28. The molecular weight excluding hydrogens is 2210 g/mol. The molecule has 0 saturated carbocycles. The van der Waals surface area contributed by atoms with Gasteiger partial charge in [-0.15, -0.1) is 45.3 Å². The van der Waals surface area contributed by atoms with E-state index in [0.29, 0.717) is 49.8 Å². The number of halogens is 8. The van der Waals surface area contributed by atoms with Gasteiger partial charge in [0.15, 0.2) is 0 Å². The van der Waals surface area contributed by atoms with Crippen LogP contribution in [0.3, 0.4) is 0 Å². The van der Waals surface area contributed by atoms with E-state index in [1.54, 1.807) is 99.1 Å². The molecule has 11 N–H and O–H groups in total. The maximum absolute atomic E-state index is 13.5. The van der Waals surface area contributed by atoms with Crippen LogP contribution >= 0.6 is 138 Å². The van der Waals surface area contributed by atoms with Crippen molar-refractivity contribution in [3.8, 4) is 45.0 Å². The van der Waals surface area contributed by atoms with Crippen molar-refractivity contribution in [3.63, 3.8) is 0 Å². The molecule has 11 heterocycles. The number of rotatable bonds is 20. The van der Waals surface area contributed by atoms with E-state index in [1.807, 2.05) is 124 Å². The fraction of sp³-hybridized carbons (Fsp3) is 0.0515. The maximum Gasteiger partial charge on any atom is 0.333 e. The first-order valence-corrected chi connectivity index (χ1v) is 55.0. The van der Waals surface area contributed by atoms with Crippen LogP contribution in [0.1, 0.15) is 11.1 Å². The van der Waals surface area contributed by atoms with Crippen LogP contribution in [0.2, 0.25) is 37.4 Å². The van der Waals surface area contributed by atoms with Gasteiger partial charge in [-0.1, -0.05) is 123 Å². The first-order valence-electron chi connectivity index (χ1n) is 42.7. The molecule has 1 aliphatic heterocycles. The quantitative estimate of drug-likeness (QED) is 0.0337. The number of pyridine rings is 5. The summed E-state index contributed by atoms with van der Waals surface area (Å²) in [7, 11) is -10.7. The number of aromatic nitrogens is 7. The number of carbonyl (C=O) groups excluding carboxylic acids is 4. The maximum atomic E-state index is 13.5. The highest BCUT2D eigenvalue weighted by molar-refractivity contribution is 7.93. The molecule has 0 saturated heterocycles. The molecule has 0 bridgehead atoms. The molecule has 1 aliphatic rings. The Kier molecular flexibility index (Phi) is 30.9. The Balaban J connectivity index is 0.000000134. The summed E-state index contributed by atoms with van der Waals surface area (Å²) in [5, 5.41) is 21.9. The predicted octanol–water partition coefficient (Wildman–Crippen LogP) is 22.1. The lowest BCUT2D eigenvalue weighted by Crippen LogP contribution is -2.34. The molecular formula is C97H70Cl8N18O16S8. The van der Waals surface area contributed by atoms with Gasteiger partial charge in [0, 0.05) is 131 Å². The number of benzene rings is 9. The molecule has 34 nitrogen and oxygen atoms in total. The van der Waals surface area contributed by atoms with Crippen molar-refractivity contribution in [2.45, 2.75) is 29.9 Å².